The van der Waals surface area contributed by atoms with Crippen molar-refractivity contribution in [3.8, 4) is 0 Å². The topological polar surface area (TPSA) is 27.7 Å². The van der Waals surface area contributed by atoms with E-state index in [0.29, 0.717) is 12.1 Å². The monoisotopic (exact) mass is 257 g/mol. The van der Waals surface area contributed by atoms with Gasteiger partial charge in [0.05, 0.1) is 12.7 Å². The van der Waals surface area contributed by atoms with Crippen molar-refractivity contribution in [1.29, 1.82) is 0 Å². The highest BCUT2D eigenvalue weighted by atomic mass is 16.5. The minimum atomic E-state index is 0.366. The number of hydrogen-bond acceptors (Lipinski definition) is 4. The third-order valence-corrected chi connectivity index (χ3v) is 3.53. The largest absolute Gasteiger partial charge is 0.374 e. The molecule has 1 fully saturated rings. The Morgan fingerprint density at radius 2 is 2.22 bits per heavy atom. The average Bonchev–Trinajstić information content (AvgIpc) is 2.36. The Hall–Kier alpha value is -0.160. The zero-order chi connectivity index (χ0) is 13.4. The molecule has 1 atom stereocenters. The zero-order valence-electron chi connectivity index (χ0n) is 12.6. The minimum absolute atomic E-state index is 0.366. The predicted octanol–water partition coefficient (Wildman–Crippen LogP) is 1.03. The van der Waals surface area contributed by atoms with Crippen LogP contribution in [0.1, 0.15) is 27.2 Å². The Kier molecular flexibility index (Phi) is 7.82. The fourth-order valence-corrected chi connectivity index (χ4v) is 2.20. The standard InChI is InChI=1S/C14H31N3O/c1-5-16(4)7-6-8-17-9-10-18-14(12-17)11-15-13(2)3/h13-15H,5-12H2,1-4H3/t14-/m1/s1. The van der Waals surface area contributed by atoms with Gasteiger partial charge in [0.25, 0.3) is 0 Å². The van der Waals surface area contributed by atoms with Gasteiger partial charge in [0.2, 0.25) is 0 Å². The zero-order valence-corrected chi connectivity index (χ0v) is 12.6. The Bertz CT molecular complexity index is 211. The molecule has 0 aromatic carbocycles. The molecule has 0 aromatic rings. The number of ether oxygens (including phenoxy) is 1. The fourth-order valence-electron chi connectivity index (χ4n) is 2.20. The molecular formula is C14H31N3O. The van der Waals surface area contributed by atoms with Crippen LogP contribution in [-0.2, 0) is 4.74 Å². The Labute approximate surface area is 113 Å². The quantitative estimate of drug-likeness (QED) is 0.703. The third-order valence-electron chi connectivity index (χ3n) is 3.53. The van der Waals surface area contributed by atoms with E-state index in [2.05, 4.69) is 42.9 Å². The molecule has 4 nitrogen and oxygen atoms in total. The summed E-state index contributed by atoms with van der Waals surface area (Å²) in [6.07, 6.45) is 1.62. The summed E-state index contributed by atoms with van der Waals surface area (Å²) in [6, 6.07) is 0.544. The summed E-state index contributed by atoms with van der Waals surface area (Å²) in [7, 11) is 2.19. The summed E-state index contributed by atoms with van der Waals surface area (Å²) >= 11 is 0. The molecule has 0 unspecified atom stereocenters. The van der Waals surface area contributed by atoms with Crippen LogP contribution in [0.2, 0.25) is 0 Å². The van der Waals surface area contributed by atoms with E-state index in [1.807, 2.05) is 0 Å². The van der Waals surface area contributed by atoms with Gasteiger partial charge in [0.15, 0.2) is 0 Å². The van der Waals surface area contributed by atoms with Crippen LogP contribution in [0.15, 0.2) is 0 Å². The lowest BCUT2D eigenvalue weighted by Crippen LogP contribution is -2.48. The van der Waals surface area contributed by atoms with E-state index in [0.717, 1.165) is 32.8 Å². The van der Waals surface area contributed by atoms with E-state index >= 15 is 0 Å². The molecule has 0 aromatic heterocycles. The molecule has 1 N–H and O–H groups in total. The Morgan fingerprint density at radius 1 is 1.44 bits per heavy atom. The van der Waals surface area contributed by atoms with Crippen molar-refractivity contribution in [2.24, 2.45) is 0 Å². The molecule has 1 aliphatic rings. The predicted molar refractivity (Wildman–Crippen MR) is 77.1 cm³/mol. The summed E-state index contributed by atoms with van der Waals surface area (Å²) in [5.74, 6) is 0. The van der Waals surface area contributed by atoms with E-state index < -0.39 is 0 Å². The number of morpholine rings is 1. The highest BCUT2D eigenvalue weighted by Gasteiger charge is 2.19. The Balaban J connectivity index is 2.14. The molecule has 1 rings (SSSR count). The van der Waals surface area contributed by atoms with Crippen molar-refractivity contribution >= 4 is 0 Å². The summed E-state index contributed by atoms with van der Waals surface area (Å²) in [6.45, 7) is 14.1. The van der Waals surface area contributed by atoms with Gasteiger partial charge in [-0.15, -0.1) is 0 Å². The number of nitrogens with one attached hydrogen (secondary N) is 1. The number of hydrogen-bond donors (Lipinski definition) is 1. The molecule has 1 aliphatic heterocycles. The highest BCUT2D eigenvalue weighted by molar-refractivity contribution is 4.74. The van der Waals surface area contributed by atoms with E-state index in [-0.39, 0.29) is 0 Å². The first-order chi connectivity index (χ1) is 8.61. The van der Waals surface area contributed by atoms with Gasteiger partial charge in [-0.25, -0.2) is 0 Å². The molecule has 0 radical (unpaired) electrons. The maximum absolute atomic E-state index is 5.79. The van der Waals surface area contributed by atoms with Gasteiger partial charge in [-0.1, -0.05) is 20.8 Å². The van der Waals surface area contributed by atoms with Gasteiger partial charge in [0, 0.05) is 25.7 Å². The van der Waals surface area contributed by atoms with Crippen LogP contribution < -0.4 is 5.32 Å². The molecule has 0 bridgehead atoms. The van der Waals surface area contributed by atoms with Crippen molar-refractivity contribution in [3.05, 3.63) is 0 Å². The Morgan fingerprint density at radius 3 is 2.89 bits per heavy atom. The van der Waals surface area contributed by atoms with Crippen LogP contribution in [0.4, 0.5) is 0 Å². The van der Waals surface area contributed by atoms with Gasteiger partial charge in [-0.05, 0) is 33.1 Å². The first-order valence-electron chi connectivity index (χ1n) is 7.37. The highest BCUT2D eigenvalue weighted by Crippen LogP contribution is 2.05. The maximum atomic E-state index is 5.79. The molecule has 4 heteroatoms. The van der Waals surface area contributed by atoms with E-state index in [1.54, 1.807) is 0 Å². The second-order valence-corrected chi connectivity index (χ2v) is 5.61. The lowest BCUT2D eigenvalue weighted by Gasteiger charge is -2.33. The molecule has 0 saturated carbocycles. The van der Waals surface area contributed by atoms with Crippen LogP contribution in [-0.4, -0.2) is 74.9 Å². The van der Waals surface area contributed by atoms with Gasteiger partial charge in [-0.2, -0.15) is 0 Å². The van der Waals surface area contributed by atoms with Crippen molar-refractivity contribution in [2.75, 3.05) is 52.9 Å². The second-order valence-electron chi connectivity index (χ2n) is 5.61. The number of nitrogens with zero attached hydrogens (tertiary/aromatic N) is 2. The molecule has 0 aliphatic carbocycles. The second kappa shape index (κ2) is 8.86. The van der Waals surface area contributed by atoms with Gasteiger partial charge < -0.3 is 15.0 Å². The van der Waals surface area contributed by atoms with Crippen molar-refractivity contribution in [1.82, 2.24) is 15.1 Å². The van der Waals surface area contributed by atoms with Gasteiger partial charge >= 0.3 is 0 Å². The lowest BCUT2D eigenvalue weighted by atomic mass is 10.2. The average molecular weight is 257 g/mol. The fraction of sp³-hybridized carbons (Fsp3) is 1.00. The van der Waals surface area contributed by atoms with Crippen molar-refractivity contribution < 1.29 is 4.74 Å². The molecule has 1 saturated heterocycles. The van der Waals surface area contributed by atoms with Crippen LogP contribution in [0.25, 0.3) is 0 Å². The molecular weight excluding hydrogens is 226 g/mol. The number of rotatable bonds is 8. The van der Waals surface area contributed by atoms with Gasteiger partial charge in [0.1, 0.15) is 0 Å². The van der Waals surface area contributed by atoms with Crippen LogP contribution in [0.5, 0.6) is 0 Å². The third kappa shape index (κ3) is 6.69. The van der Waals surface area contributed by atoms with E-state index in [1.165, 1.54) is 19.5 Å². The molecule has 1 heterocycles. The van der Waals surface area contributed by atoms with Crippen LogP contribution in [0, 0.1) is 0 Å². The van der Waals surface area contributed by atoms with Crippen molar-refractivity contribution in [3.63, 3.8) is 0 Å². The lowest BCUT2D eigenvalue weighted by molar-refractivity contribution is -0.0284. The molecule has 18 heavy (non-hydrogen) atoms. The van der Waals surface area contributed by atoms with Crippen molar-refractivity contribution in [2.45, 2.75) is 39.3 Å². The molecule has 0 amide bonds. The first-order valence-corrected chi connectivity index (χ1v) is 7.37. The SMILES string of the molecule is CCN(C)CCCN1CCO[C@H](CNC(C)C)C1. The normalized spacial score (nSPS) is 22.0. The van der Waals surface area contributed by atoms with Crippen LogP contribution >= 0.6 is 0 Å². The smallest absolute Gasteiger partial charge is 0.0826 e. The van der Waals surface area contributed by atoms with Crippen LogP contribution in [0.3, 0.4) is 0 Å². The summed E-state index contributed by atoms with van der Waals surface area (Å²) < 4.78 is 5.79. The van der Waals surface area contributed by atoms with E-state index in [4.69, 9.17) is 4.74 Å². The molecule has 108 valence electrons. The molecule has 0 spiro atoms. The van der Waals surface area contributed by atoms with E-state index in [9.17, 15) is 0 Å². The minimum Gasteiger partial charge on any atom is -0.374 e. The summed E-state index contributed by atoms with van der Waals surface area (Å²) in [4.78, 5) is 4.91. The summed E-state index contributed by atoms with van der Waals surface area (Å²) in [5, 5.41) is 3.46. The maximum Gasteiger partial charge on any atom is 0.0826 e. The van der Waals surface area contributed by atoms with Gasteiger partial charge in [-0.3, -0.25) is 4.90 Å². The first kappa shape index (κ1) is 15.9. The summed E-state index contributed by atoms with van der Waals surface area (Å²) in [5.41, 5.74) is 0.